The van der Waals surface area contributed by atoms with E-state index < -0.39 is 0 Å². The SMILES string of the molecule is Cc1cccc2cc(CCN)cnc12. The number of hydrogen-bond donors (Lipinski definition) is 1. The molecule has 1 aromatic carbocycles. The molecule has 2 N–H and O–H groups in total. The summed E-state index contributed by atoms with van der Waals surface area (Å²) in [6.45, 7) is 2.76. The third-order valence-corrected chi connectivity index (χ3v) is 2.40. The number of hydrogen-bond acceptors (Lipinski definition) is 2. The maximum absolute atomic E-state index is 5.51. The van der Waals surface area contributed by atoms with Crippen LogP contribution in [0.15, 0.2) is 30.5 Å². The van der Waals surface area contributed by atoms with Crippen LogP contribution in [0.5, 0.6) is 0 Å². The Labute approximate surface area is 83.8 Å². The lowest BCUT2D eigenvalue weighted by molar-refractivity contribution is 0.963. The average molecular weight is 186 g/mol. The van der Waals surface area contributed by atoms with Crippen LogP contribution in [0, 0.1) is 6.92 Å². The second-order valence-corrected chi connectivity index (χ2v) is 3.53. The molecule has 2 nitrogen and oxygen atoms in total. The first kappa shape index (κ1) is 9.16. The highest BCUT2D eigenvalue weighted by Gasteiger charge is 1.99. The second kappa shape index (κ2) is 3.76. The number of aromatic nitrogens is 1. The van der Waals surface area contributed by atoms with Crippen LogP contribution in [-0.4, -0.2) is 11.5 Å². The van der Waals surface area contributed by atoms with Gasteiger partial charge in [0.25, 0.3) is 0 Å². The Kier molecular flexibility index (Phi) is 2.46. The largest absolute Gasteiger partial charge is 0.330 e. The van der Waals surface area contributed by atoms with E-state index in [1.807, 2.05) is 6.20 Å². The minimum atomic E-state index is 0.680. The van der Waals surface area contributed by atoms with Gasteiger partial charge in [-0.2, -0.15) is 0 Å². The molecular formula is C12H14N2. The Morgan fingerprint density at radius 3 is 3.00 bits per heavy atom. The minimum Gasteiger partial charge on any atom is -0.330 e. The maximum atomic E-state index is 5.51. The van der Waals surface area contributed by atoms with Gasteiger partial charge in [0.2, 0.25) is 0 Å². The molecule has 2 heteroatoms. The number of fused-ring (bicyclic) bond motifs is 1. The first-order chi connectivity index (χ1) is 6.81. The molecule has 0 unspecified atom stereocenters. The molecule has 0 atom stereocenters. The minimum absolute atomic E-state index is 0.680. The molecule has 0 aliphatic rings. The normalized spacial score (nSPS) is 10.7. The van der Waals surface area contributed by atoms with E-state index in [-0.39, 0.29) is 0 Å². The fourth-order valence-corrected chi connectivity index (χ4v) is 1.66. The zero-order chi connectivity index (χ0) is 9.97. The van der Waals surface area contributed by atoms with Crippen molar-refractivity contribution in [1.29, 1.82) is 0 Å². The van der Waals surface area contributed by atoms with Crippen molar-refractivity contribution >= 4 is 10.9 Å². The van der Waals surface area contributed by atoms with Gasteiger partial charge in [-0.3, -0.25) is 4.98 Å². The molecule has 0 saturated heterocycles. The Morgan fingerprint density at radius 1 is 1.36 bits per heavy atom. The Morgan fingerprint density at radius 2 is 2.21 bits per heavy atom. The molecule has 0 fully saturated rings. The molecule has 0 aliphatic carbocycles. The van der Waals surface area contributed by atoms with Gasteiger partial charge < -0.3 is 5.73 Å². The van der Waals surface area contributed by atoms with Crippen molar-refractivity contribution in [2.24, 2.45) is 5.73 Å². The zero-order valence-electron chi connectivity index (χ0n) is 8.33. The van der Waals surface area contributed by atoms with Crippen LogP contribution in [0.4, 0.5) is 0 Å². The summed E-state index contributed by atoms with van der Waals surface area (Å²) in [5.41, 5.74) is 9.04. The fraction of sp³-hybridized carbons (Fsp3) is 0.250. The number of benzene rings is 1. The average Bonchev–Trinajstić information content (AvgIpc) is 2.18. The summed E-state index contributed by atoms with van der Waals surface area (Å²) in [5.74, 6) is 0. The van der Waals surface area contributed by atoms with Gasteiger partial charge in [-0.05, 0) is 37.1 Å². The van der Waals surface area contributed by atoms with Gasteiger partial charge in [0.05, 0.1) is 5.52 Å². The van der Waals surface area contributed by atoms with E-state index in [2.05, 4.69) is 36.2 Å². The molecule has 1 aromatic heterocycles. The number of nitrogens with zero attached hydrogens (tertiary/aromatic N) is 1. The van der Waals surface area contributed by atoms with Gasteiger partial charge in [-0.1, -0.05) is 18.2 Å². The molecule has 1 heterocycles. The van der Waals surface area contributed by atoms with Crippen molar-refractivity contribution < 1.29 is 0 Å². The number of aryl methyl sites for hydroxylation is 1. The van der Waals surface area contributed by atoms with Crippen LogP contribution >= 0.6 is 0 Å². The second-order valence-electron chi connectivity index (χ2n) is 3.53. The van der Waals surface area contributed by atoms with Crippen molar-refractivity contribution in [3.05, 3.63) is 41.6 Å². The maximum Gasteiger partial charge on any atom is 0.0731 e. The van der Waals surface area contributed by atoms with Gasteiger partial charge in [0.15, 0.2) is 0 Å². The number of rotatable bonds is 2. The summed E-state index contributed by atoms with van der Waals surface area (Å²) in [4.78, 5) is 4.44. The van der Waals surface area contributed by atoms with E-state index in [9.17, 15) is 0 Å². The van der Waals surface area contributed by atoms with Crippen LogP contribution in [0.25, 0.3) is 10.9 Å². The molecular weight excluding hydrogens is 172 g/mol. The Balaban J connectivity index is 2.56. The summed E-state index contributed by atoms with van der Waals surface area (Å²) in [7, 11) is 0. The van der Waals surface area contributed by atoms with E-state index in [0.717, 1.165) is 11.9 Å². The molecule has 0 aliphatic heterocycles. The lowest BCUT2D eigenvalue weighted by Gasteiger charge is -2.03. The van der Waals surface area contributed by atoms with Crippen LogP contribution < -0.4 is 5.73 Å². The van der Waals surface area contributed by atoms with E-state index in [4.69, 9.17) is 5.73 Å². The molecule has 0 radical (unpaired) electrons. The van der Waals surface area contributed by atoms with Crippen LogP contribution in [0.3, 0.4) is 0 Å². The van der Waals surface area contributed by atoms with Crippen molar-refractivity contribution in [1.82, 2.24) is 4.98 Å². The number of nitrogens with two attached hydrogens (primary N) is 1. The van der Waals surface area contributed by atoms with Gasteiger partial charge in [0.1, 0.15) is 0 Å². The lowest BCUT2D eigenvalue weighted by atomic mass is 10.1. The van der Waals surface area contributed by atoms with Crippen molar-refractivity contribution in [2.45, 2.75) is 13.3 Å². The number of pyridine rings is 1. The first-order valence-corrected chi connectivity index (χ1v) is 4.85. The van der Waals surface area contributed by atoms with Crippen LogP contribution in [0.1, 0.15) is 11.1 Å². The van der Waals surface area contributed by atoms with Crippen molar-refractivity contribution in [3.8, 4) is 0 Å². The monoisotopic (exact) mass is 186 g/mol. The first-order valence-electron chi connectivity index (χ1n) is 4.85. The Hall–Kier alpha value is -1.41. The molecule has 0 spiro atoms. The molecule has 2 rings (SSSR count). The van der Waals surface area contributed by atoms with Crippen molar-refractivity contribution in [2.75, 3.05) is 6.54 Å². The molecule has 0 saturated carbocycles. The zero-order valence-corrected chi connectivity index (χ0v) is 8.33. The molecule has 0 amide bonds. The molecule has 14 heavy (non-hydrogen) atoms. The molecule has 72 valence electrons. The lowest BCUT2D eigenvalue weighted by Crippen LogP contribution is -2.02. The molecule has 0 bridgehead atoms. The summed E-state index contributed by atoms with van der Waals surface area (Å²) in [6.07, 6.45) is 2.82. The Bertz CT molecular complexity index is 449. The van der Waals surface area contributed by atoms with Crippen LogP contribution in [-0.2, 0) is 6.42 Å². The summed E-state index contributed by atoms with van der Waals surface area (Å²) in [6, 6.07) is 8.40. The van der Waals surface area contributed by atoms with Gasteiger partial charge in [-0.15, -0.1) is 0 Å². The molecule has 2 aromatic rings. The highest BCUT2D eigenvalue weighted by Crippen LogP contribution is 2.16. The van der Waals surface area contributed by atoms with Crippen molar-refractivity contribution in [3.63, 3.8) is 0 Å². The summed E-state index contributed by atoms with van der Waals surface area (Å²) >= 11 is 0. The third-order valence-electron chi connectivity index (χ3n) is 2.40. The highest BCUT2D eigenvalue weighted by atomic mass is 14.7. The van der Waals surface area contributed by atoms with E-state index >= 15 is 0 Å². The number of para-hydroxylation sites is 1. The predicted molar refractivity (Wildman–Crippen MR) is 59.2 cm³/mol. The van der Waals surface area contributed by atoms with Gasteiger partial charge in [0, 0.05) is 11.6 Å². The highest BCUT2D eigenvalue weighted by molar-refractivity contribution is 5.81. The van der Waals surface area contributed by atoms with Crippen LogP contribution in [0.2, 0.25) is 0 Å². The predicted octanol–water partition coefficient (Wildman–Crippen LogP) is 2.04. The fourth-order valence-electron chi connectivity index (χ4n) is 1.66. The smallest absolute Gasteiger partial charge is 0.0731 e. The van der Waals surface area contributed by atoms with E-state index in [1.165, 1.54) is 16.5 Å². The summed E-state index contributed by atoms with van der Waals surface area (Å²) in [5, 5.41) is 1.20. The van der Waals surface area contributed by atoms with E-state index in [0.29, 0.717) is 6.54 Å². The topological polar surface area (TPSA) is 38.9 Å². The van der Waals surface area contributed by atoms with Gasteiger partial charge >= 0.3 is 0 Å². The van der Waals surface area contributed by atoms with Gasteiger partial charge in [-0.25, -0.2) is 0 Å². The third kappa shape index (κ3) is 1.61. The quantitative estimate of drug-likeness (QED) is 0.779. The van der Waals surface area contributed by atoms with E-state index in [1.54, 1.807) is 0 Å². The summed E-state index contributed by atoms with van der Waals surface area (Å²) < 4.78 is 0. The standard InChI is InChI=1S/C12H14N2/c1-9-3-2-4-11-7-10(5-6-13)8-14-12(9)11/h2-4,7-8H,5-6,13H2,1H3.